The first-order chi connectivity index (χ1) is 14.2. The summed E-state index contributed by atoms with van der Waals surface area (Å²) in [4.78, 5) is 30.7. The second-order valence-electron chi connectivity index (χ2n) is 6.96. The van der Waals surface area contributed by atoms with Crippen LogP contribution in [0.4, 0.5) is 11.4 Å². The molecular formula is C23H23N3O2S. The van der Waals surface area contributed by atoms with E-state index in [1.165, 1.54) is 5.69 Å². The summed E-state index contributed by atoms with van der Waals surface area (Å²) < 4.78 is 0. The van der Waals surface area contributed by atoms with Gasteiger partial charge in [-0.2, -0.15) is 0 Å². The molecule has 4 rings (SSSR count). The molecule has 0 unspecified atom stereocenters. The van der Waals surface area contributed by atoms with Crippen molar-refractivity contribution in [1.29, 1.82) is 0 Å². The molecule has 1 aliphatic heterocycles. The molecule has 2 heterocycles. The number of amides is 2. The molecule has 0 saturated carbocycles. The Morgan fingerprint density at radius 1 is 0.862 bits per heavy atom. The van der Waals surface area contributed by atoms with Crippen molar-refractivity contribution in [1.82, 2.24) is 4.90 Å². The predicted octanol–water partition coefficient (Wildman–Crippen LogP) is 3.89. The number of para-hydroxylation sites is 2. The Balaban J connectivity index is 1.41. The van der Waals surface area contributed by atoms with Crippen LogP contribution in [0.1, 0.15) is 15.2 Å². The Kier molecular flexibility index (Phi) is 5.91. The van der Waals surface area contributed by atoms with Crippen LogP contribution in [0.3, 0.4) is 0 Å². The first-order valence-electron chi connectivity index (χ1n) is 9.71. The van der Waals surface area contributed by atoms with Gasteiger partial charge in [-0.1, -0.05) is 36.4 Å². The van der Waals surface area contributed by atoms with Gasteiger partial charge in [-0.3, -0.25) is 9.59 Å². The van der Waals surface area contributed by atoms with E-state index in [0.29, 0.717) is 30.8 Å². The molecule has 1 saturated heterocycles. The van der Waals surface area contributed by atoms with Gasteiger partial charge >= 0.3 is 0 Å². The maximum absolute atomic E-state index is 13.1. The monoisotopic (exact) mass is 405 g/mol. The molecule has 1 N–H and O–H groups in total. The molecule has 0 spiro atoms. The Bertz CT molecular complexity index is 965. The van der Waals surface area contributed by atoms with E-state index in [9.17, 15) is 9.59 Å². The number of thiophene rings is 1. The van der Waals surface area contributed by atoms with E-state index >= 15 is 0 Å². The minimum atomic E-state index is -0.110. The van der Waals surface area contributed by atoms with Crippen molar-refractivity contribution in [3.8, 4) is 0 Å². The van der Waals surface area contributed by atoms with Crippen molar-refractivity contribution >= 4 is 34.5 Å². The van der Waals surface area contributed by atoms with Crippen LogP contribution in [0.2, 0.25) is 0 Å². The summed E-state index contributed by atoms with van der Waals surface area (Å²) in [6.07, 6.45) is 0.315. The molecular weight excluding hydrogens is 382 g/mol. The van der Waals surface area contributed by atoms with Crippen LogP contribution < -0.4 is 10.2 Å². The SMILES string of the molecule is O=C(Cc1cccs1)Nc1ccccc1C(=O)N1CCN(c2ccccc2)CC1. The van der Waals surface area contributed by atoms with E-state index in [1.54, 1.807) is 23.5 Å². The number of hydrogen-bond donors (Lipinski definition) is 1. The van der Waals surface area contributed by atoms with Gasteiger partial charge in [-0.25, -0.2) is 0 Å². The van der Waals surface area contributed by atoms with Crippen molar-refractivity contribution in [2.24, 2.45) is 0 Å². The average Bonchev–Trinajstić information content (AvgIpc) is 3.27. The Labute approximate surface area is 174 Å². The molecule has 2 aromatic carbocycles. The summed E-state index contributed by atoms with van der Waals surface area (Å²) in [5, 5.41) is 4.87. The van der Waals surface area contributed by atoms with E-state index in [4.69, 9.17) is 0 Å². The minimum Gasteiger partial charge on any atom is -0.368 e. The molecule has 0 aliphatic carbocycles. The maximum Gasteiger partial charge on any atom is 0.256 e. The van der Waals surface area contributed by atoms with Gasteiger partial charge in [-0.05, 0) is 35.7 Å². The fourth-order valence-corrected chi connectivity index (χ4v) is 4.22. The van der Waals surface area contributed by atoms with Crippen LogP contribution in [0.25, 0.3) is 0 Å². The number of nitrogens with one attached hydrogen (secondary N) is 1. The van der Waals surface area contributed by atoms with Gasteiger partial charge < -0.3 is 15.1 Å². The van der Waals surface area contributed by atoms with Crippen molar-refractivity contribution in [2.75, 3.05) is 36.4 Å². The minimum absolute atomic E-state index is 0.0373. The number of benzene rings is 2. The molecule has 3 aromatic rings. The normalized spacial score (nSPS) is 13.9. The topological polar surface area (TPSA) is 52.7 Å². The average molecular weight is 406 g/mol. The molecule has 0 radical (unpaired) electrons. The summed E-state index contributed by atoms with van der Waals surface area (Å²) in [6, 6.07) is 21.4. The summed E-state index contributed by atoms with van der Waals surface area (Å²) in [7, 11) is 0. The number of carbonyl (C=O) groups is 2. The summed E-state index contributed by atoms with van der Waals surface area (Å²) in [5.41, 5.74) is 2.30. The van der Waals surface area contributed by atoms with E-state index < -0.39 is 0 Å². The van der Waals surface area contributed by atoms with Gasteiger partial charge in [0, 0.05) is 36.7 Å². The molecule has 1 fully saturated rings. The number of carbonyl (C=O) groups excluding carboxylic acids is 2. The molecule has 29 heavy (non-hydrogen) atoms. The third-order valence-corrected chi connectivity index (χ3v) is 5.91. The molecule has 1 aromatic heterocycles. The van der Waals surface area contributed by atoms with Crippen LogP contribution in [-0.2, 0) is 11.2 Å². The number of rotatable bonds is 5. The quantitative estimate of drug-likeness (QED) is 0.701. The summed E-state index contributed by atoms with van der Waals surface area (Å²) in [5.74, 6) is -0.147. The van der Waals surface area contributed by atoms with Crippen LogP contribution in [0.15, 0.2) is 72.1 Å². The van der Waals surface area contributed by atoms with E-state index in [2.05, 4.69) is 22.3 Å². The van der Waals surface area contributed by atoms with E-state index in [0.717, 1.165) is 18.0 Å². The van der Waals surface area contributed by atoms with Gasteiger partial charge in [0.25, 0.3) is 5.91 Å². The third kappa shape index (κ3) is 4.66. The third-order valence-electron chi connectivity index (χ3n) is 5.03. The molecule has 5 nitrogen and oxygen atoms in total. The highest BCUT2D eigenvalue weighted by Gasteiger charge is 2.24. The molecule has 6 heteroatoms. The van der Waals surface area contributed by atoms with Crippen molar-refractivity contribution in [2.45, 2.75) is 6.42 Å². The maximum atomic E-state index is 13.1. The zero-order valence-electron chi connectivity index (χ0n) is 16.1. The Morgan fingerprint density at radius 3 is 2.31 bits per heavy atom. The predicted molar refractivity (Wildman–Crippen MR) is 118 cm³/mol. The lowest BCUT2D eigenvalue weighted by molar-refractivity contribution is -0.115. The smallest absolute Gasteiger partial charge is 0.256 e. The van der Waals surface area contributed by atoms with Gasteiger partial charge in [-0.15, -0.1) is 11.3 Å². The zero-order valence-corrected chi connectivity index (χ0v) is 16.9. The molecule has 148 valence electrons. The second-order valence-corrected chi connectivity index (χ2v) is 8.00. The van der Waals surface area contributed by atoms with Gasteiger partial charge in [0.1, 0.15) is 0 Å². The van der Waals surface area contributed by atoms with Crippen molar-refractivity contribution < 1.29 is 9.59 Å². The molecule has 0 atom stereocenters. The fourth-order valence-electron chi connectivity index (χ4n) is 3.52. The molecule has 2 amide bonds. The Morgan fingerprint density at radius 2 is 1.59 bits per heavy atom. The van der Waals surface area contributed by atoms with Crippen LogP contribution in [0, 0.1) is 0 Å². The Hall–Kier alpha value is -3.12. The highest BCUT2D eigenvalue weighted by molar-refractivity contribution is 7.10. The van der Waals surface area contributed by atoms with Crippen LogP contribution >= 0.6 is 11.3 Å². The van der Waals surface area contributed by atoms with Crippen molar-refractivity contribution in [3.63, 3.8) is 0 Å². The number of nitrogens with zero attached hydrogens (tertiary/aromatic N) is 2. The number of anilines is 2. The largest absolute Gasteiger partial charge is 0.368 e. The summed E-state index contributed by atoms with van der Waals surface area (Å²) in [6.45, 7) is 2.90. The second kappa shape index (κ2) is 8.92. The van der Waals surface area contributed by atoms with Crippen LogP contribution in [0.5, 0.6) is 0 Å². The van der Waals surface area contributed by atoms with Gasteiger partial charge in [0.2, 0.25) is 5.91 Å². The molecule has 1 aliphatic rings. The zero-order chi connectivity index (χ0) is 20.1. The fraction of sp³-hybridized carbons (Fsp3) is 0.217. The lowest BCUT2D eigenvalue weighted by Gasteiger charge is -2.36. The number of hydrogen-bond acceptors (Lipinski definition) is 4. The standard InChI is InChI=1S/C23H23N3O2S/c27-22(17-19-9-6-16-29-19)24-21-11-5-4-10-20(21)23(28)26-14-12-25(13-15-26)18-7-2-1-3-8-18/h1-11,16H,12-15,17H2,(H,24,27). The van der Waals surface area contributed by atoms with Crippen molar-refractivity contribution in [3.05, 3.63) is 82.6 Å². The summed E-state index contributed by atoms with van der Waals surface area (Å²) >= 11 is 1.55. The van der Waals surface area contributed by atoms with E-state index in [-0.39, 0.29) is 11.8 Å². The van der Waals surface area contributed by atoms with E-state index in [1.807, 2.05) is 52.7 Å². The van der Waals surface area contributed by atoms with Gasteiger partial charge in [0.15, 0.2) is 0 Å². The lowest BCUT2D eigenvalue weighted by atomic mass is 10.1. The van der Waals surface area contributed by atoms with Crippen LogP contribution in [-0.4, -0.2) is 42.9 Å². The first kappa shape index (κ1) is 19.2. The van der Waals surface area contributed by atoms with Gasteiger partial charge in [0.05, 0.1) is 17.7 Å². The highest BCUT2D eigenvalue weighted by atomic mass is 32.1. The lowest BCUT2D eigenvalue weighted by Crippen LogP contribution is -2.48. The number of piperazine rings is 1. The highest BCUT2D eigenvalue weighted by Crippen LogP contribution is 2.21. The first-order valence-corrected chi connectivity index (χ1v) is 10.6. The molecule has 0 bridgehead atoms.